The highest BCUT2D eigenvalue weighted by molar-refractivity contribution is 5.87. The number of hydrogen-bond acceptors (Lipinski definition) is 3. The molecule has 0 radical (unpaired) electrons. The highest BCUT2D eigenvalue weighted by Gasteiger charge is 2.54. The lowest BCUT2D eigenvalue weighted by Crippen LogP contribution is -2.42. The molecular formula is C20H27N3O. The highest BCUT2D eigenvalue weighted by atomic mass is 16.1. The first-order valence-corrected chi connectivity index (χ1v) is 9.24. The van der Waals surface area contributed by atoms with Crippen LogP contribution in [-0.4, -0.2) is 24.9 Å². The van der Waals surface area contributed by atoms with Crippen LogP contribution in [0.2, 0.25) is 0 Å². The lowest BCUT2D eigenvalue weighted by Gasteiger charge is -2.48. The Kier molecular flexibility index (Phi) is 3.74. The Morgan fingerprint density at radius 2 is 2.00 bits per heavy atom. The Hall–Kier alpha value is -1.71. The molecule has 2 fully saturated rings. The van der Waals surface area contributed by atoms with Crippen LogP contribution in [0.3, 0.4) is 0 Å². The van der Waals surface area contributed by atoms with E-state index in [9.17, 15) is 4.79 Å². The molecule has 4 unspecified atom stereocenters. The van der Waals surface area contributed by atoms with Crippen LogP contribution in [-0.2, 0) is 11.2 Å². The minimum Gasteiger partial charge on any atom is -0.299 e. The maximum absolute atomic E-state index is 12.4. The van der Waals surface area contributed by atoms with E-state index >= 15 is 0 Å². The molecule has 128 valence electrons. The van der Waals surface area contributed by atoms with Crippen LogP contribution in [0.15, 0.2) is 28.5 Å². The van der Waals surface area contributed by atoms with Gasteiger partial charge in [0.2, 0.25) is 0 Å². The van der Waals surface area contributed by atoms with E-state index in [1.165, 1.54) is 17.5 Å². The zero-order chi connectivity index (χ0) is 16.9. The number of nitrogens with zero attached hydrogens (tertiary/aromatic N) is 3. The standard InChI is InChI=1S/C20H27N3O/c1-20-11-10-16-15-7-5-14(21-22-23(2)3)12-13(15)4-6-17(16)18(20)8-9-19(20)24/h5,7,12,16-18H,4,6,8-11H2,1-3H3/b22-21+. The second kappa shape index (κ2) is 5.68. The number of ketones is 1. The van der Waals surface area contributed by atoms with Gasteiger partial charge in [-0.3, -0.25) is 9.80 Å². The van der Waals surface area contributed by atoms with Crippen LogP contribution < -0.4 is 0 Å². The van der Waals surface area contributed by atoms with Gasteiger partial charge in [0.15, 0.2) is 0 Å². The van der Waals surface area contributed by atoms with Crippen molar-refractivity contribution in [3.8, 4) is 0 Å². The summed E-state index contributed by atoms with van der Waals surface area (Å²) >= 11 is 0. The maximum Gasteiger partial charge on any atom is 0.139 e. The Bertz CT molecular complexity index is 696. The van der Waals surface area contributed by atoms with Crippen LogP contribution in [0, 0.1) is 17.3 Å². The molecule has 0 aromatic heterocycles. The van der Waals surface area contributed by atoms with E-state index in [1.807, 2.05) is 14.1 Å². The monoisotopic (exact) mass is 325 g/mol. The summed E-state index contributed by atoms with van der Waals surface area (Å²) in [5, 5.41) is 10.1. The van der Waals surface area contributed by atoms with E-state index in [4.69, 9.17) is 0 Å². The van der Waals surface area contributed by atoms with Gasteiger partial charge >= 0.3 is 0 Å². The number of carbonyl (C=O) groups is 1. The van der Waals surface area contributed by atoms with Gasteiger partial charge in [0, 0.05) is 25.9 Å². The third-order valence-electron chi connectivity index (χ3n) is 6.76. The van der Waals surface area contributed by atoms with Gasteiger partial charge in [-0.05, 0) is 73.1 Å². The second-order valence-electron chi connectivity index (χ2n) is 8.25. The molecule has 24 heavy (non-hydrogen) atoms. The van der Waals surface area contributed by atoms with Gasteiger partial charge in [0.05, 0.1) is 5.69 Å². The predicted octanol–water partition coefficient (Wildman–Crippen LogP) is 4.67. The highest BCUT2D eigenvalue weighted by Crippen LogP contribution is 2.59. The van der Waals surface area contributed by atoms with Crippen molar-refractivity contribution in [2.75, 3.05) is 14.1 Å². The lowest BCUT2D eigenvalue weighted by molar-refractivity contribution is -0.129. The molecule has 0 N–H and O–H groups in total. The molecule has 1 aromatic carbocycles. The molecule has 3 aliphatic carbocycles. The van der Waals surface area contributed by atoms with E-state index in [1.54, 1.807) is 5.01 Å². The van der Waals surface area contributed by atoms with Gasteiger partial charge in [0.25, 0.3) is 0 Å². The van der Waals surface area contributed by atoms with Gasteiger partial charge in [-0.1, -0.05) is 18.2 Å². The summed E-state index contributed by atoms with van der Waals surface area (Å²) in [7, 11) is 3.77. The number of hydrogen-bond donors (Lipinski definition) is 0. The maximum atomic E-state index is 12.4. The van der Waals surface area contributed by atoms with Crippen LogP contribution in [0.4, 0.5) is 5.69 Å². The topological polar surface area (TPSA) is 45.0 Å². The summed E-state index contributed by atoms with van der Waals surface area (Å²) in [4.78, 5) is 12.4. The number of fused-ring (bicyclic) bond motifs is 5. The largest absolute Gasteiger partial charge is 0.299 e. The van der Waals surface area contributed by atoms with Gasteiger partial charge in [-0.15, -0.1) is 5.11 Å². The molecule has 3 aliphatic rings. The van der Waals surface area contributed by atoms with Crippen LogP contribution >= 0.6 is 0 Å². The number of benzene rings is 1. The average molecular weight is 325 g/mol. The smallest absolute Gasteiger partial charge is 0.139 e. The molecule has 0 spiro atoms. The first kappa shape index (κ1) is 15.8. The van der Waals surface area contributed by atoms with Crippen LogP contribution in [0.1, 0.15) is 56.1 Å². The van der Waals surface area contributed by atoms with Crippen LogP contribution in [0.25, 0.3) is 0 Å². The molecule has 4 heteroatoms. The fourth-order valence-corrected chi connectivity index (χ4v) is 5.54. The lowest BCUT2D eigenvalue weighted by atomic mass is 9.55. The van der Waals surface area contributed by atoms with E-state index in [-0.39, 0.29) is 5.41 Å². The Balaban J connectivity index is 1.62. The van der Waals surface area contributed by atoms with Gasteiger partial charge in [0.1, 0.15) is 5.78 Å². The minimum absolute atomic E-state index is 0.0292. The molecule has 0 aliphatic heterocycles. The summed E-state index contributed by atoms with van der Waals surface area (Å²) in [6.07, 6.45) is 6.48. The van der Waals surface area contributed by atoms with Crippen molar-refractivity contribution in [2.24, 2.45) is 27.6 Å². The van der Waals surface area contributed by atoms with E-state index in [0.29, 0.717) is 23.5 Å². The van der Waals surface area contributed by atoms with Crippen LogP contribution in [0.5, 0.6) is 0 Å². The molecule has 0 heterocycles. The fraction of sp³-hybridized carbons (Fsp3) is 0.650. The molecule has 0 saturated heterocycles. The molecule has 4 rings (SSSR count). The molecule has 2 saturated carbocycles. The number of carbonyl (C=O) groups excluding carboxylic acids is 1. The first-order chi connectivity index (χ1) is 11.5. The van der Waals surface area contributed by atoms with Gasteiger partial charge in [-0.2, -0.15) is 0 Å². The molecule has 0 bridgehead atoms. The third kappa shape index (κ3) is 2.38. The quantitative estimate of drug-likeness (QED) is 0.586. The molecule has 4 nitrogen and oxygen atoms in total. The van der Waals surface area contributed by atoms with Gasteiger partial charge in [-0.25, -0.2) is 0 Å². The number of rotatable bonds is 2. The summed E-state index contributed by atoms with van der Waals surface area (Å²) in [5.41, 5.74) is 3.87. The Labute approximate surface area is 144 Å². The normalized spacial score (nSPS) is 34.8. The summed E-state index contributed by atoms with van der Waals surface area (Å²) in [6.45, 7) is 2.24. The second-order valence-corrected chi connectivity index (χ2v) is 8.25. The van der Waals surface area contributed by atoms with Crippen molar-refractivity contribution in [3.05, 3.63) is 29.3 Å². The molecule has 4 atom stereocenters. The van der Waals surface area contributed by atoms with E-state index in [2.05, 4.69) is 35.5 Å². The molecule has 0 amide bonds. The van der Waals surface area contributed by atoms with Crippen molar-refractivity contribution >= 4 is 11.5 Å². The fourth-order valence-electron chi connectivity index (χ4n) is 5.54. The van der Waals surface area contributed by atoms with Crippen molar-refractivity contribution in [1.82, 2.24) is 5.01 Å². The van der Waals surface area contributed by atoms with Crippen molar-refractivity contribution in [2.45, 2.75) is 51.4 Å². The average Bonchev–Trinajstić information content (AvgIpc) is 2.88. The summed E-state index contributed by atoms with van der Waals surface area (Å²) in [5.74, 6) is 2.45. The van der Waals surface area contributed by atoms with Crippen molar-refractivity contribution in [3.63, 3.8) is 0 Å². The zero-order valence-corrected chi connectivity index (χ0v) is 15.0. The molecular weight excluding hydrogens is 298 g/mol. The summed E-state index contributed by atoms with van der Waals surface area (Å²) < 4.78 is 0. The Morgan fingerprint density at radius 3 is 2.79 bits per heavy atom. The SMILES string of the molecule is CN(C)/N=N/c1ccc2c(c1)CCC1C2CCC2(C)C(=O)CCC12. The number of aryl methyl sites for hydroxylation is 1. The number of Topliss-reactive ketones (excluding diaryl/α,β-unsaturated/α-hetero) is 1. The molecule has 1 aromatic rings. The van der Waals surface area contributed by atoms with Crippen molar-refractivity contribution in [1.29, 1.82) is 0 Å². The van der Waals surface area contributed by atoms with Gasteiger partial charge < -0.3 is 0 Å². The zero-order valence-electron chi connectivity index (χ0n) is 15.0. The minimum atomic E-state index is -0.0292. The third-order valence-corrected chi connectivity index (χ3v) is 6.76. The summed E-state index contributed by atoms with van der Waals surface area (Å²) in [6, 6.07) is 6.59. The van der Waals surface area contributed by atoms with E-state index in [0.717, 1.165) is 37.8 Å². The van der Waals surface area contributed by atoms with E-state index < -0.39 is 0 Å². The first-order valence-electron chi connectivity index (χ1n) is 9.24. The predicted molar refractivity (Wildman–Crippen MR) is 94.3 cm³/mol. The van der Waals surface area contributed by atoms with Crippen molar-refractivity contribution < 1.29 is 4.79 Å². The Morgan fingerprint density at radius 1 is 1.17 bits per heavy atom.